The second-order valence-electron chi connectivity index (χ2n) is 2.07. The Kier molecular flexibility index (Phi) is 1.99. The maximum Gasteiger partial charge on any atom is 0.314 e. The first-order chi connectivity index (χ1) is 5.09. The van der Waals surface area contributed by atoms with E-state index in [0.717, 1.165) is 0 Å². The summed E-state index contributed by atoms with van der Waals surface area (Å²) in [6, 6.07) is 0. The Hall–Kier alpha value is -0.840. The van der Waals surface area contributed by atoms with E-state index in [0.29, 0.717) is 6.61 Å². The van der Waals surface area contributed by atoms with E-state index in [1.807, 2.05) is 0 Å². The van der Waals surface area contributed by atoms with Crippen LogP contribution in [0.25, 0.3) is 0 Å². The van der Waals surface area contributed by atoms with Crippen molar-refractivity contribution >= 4 is 15.1 Å². The second kappa shape index (κ2) is 2.65. The number of hydrogen-bond acceptors (Lipinski definition) is 4. The minimum absolute atomic E-state index is 0.183. The highest BCUT2D eigenvalue weighted by atomic mass is 32.2. The molecule has 0 amide bonds. The average molecular weight is 175 g/mol. The molecule has 1 aliphatic heterocycles. The van der Waals surface area contributed by atoms with Crippen molar-refractivity contribution in [3.8, 4) is 0 Å². The molecule has 0 aromatic carbocycles. The van der Waals surface area contributed by atoms with Gasteiger partial charge in [-0.05, 0) is 13.8 Å². The monoisotopic (exact) mass is 175 g/mol. The van der Waals surface area contributed by atoms with E-state index in [1.165, 1.54) is 13.1 Å². The Morgan fingerprint density at radius 2 is 2.27 bits per heavy atom. The molecule has 0 fully saturated rings. The molecule has 62 valence electrons. The number of hydrogen-bond donors (Lipinski definition) is 0. The molecule has 1 rings (SSSR count). The zero-order valence-corrected chi connectivity index (χ0v) is 7.18. The highest BCUT2D eigenvalue weighted by Gasteiger charge is 2.27. The van der Waals surface area contributed by atoms with E-state index in [-0.39, 0.29) is 10.1 Å². The van der Waals surface area contributed by atoms with Crippen molar-refractivity contribution in [2.24, 2.45) is 4.99 Å². The first-order valence-electron chi connectivity index (χ1n) is 3.21. The predicted molar refractivity (Wildman–Crippen MR) is 41.7 cm³/mol. The molecule has 0 unspecified atom stereocenters. The lowest BCUT2D eigenvalue weighted by molar-refractivity contribution is 0.335. The summed E-state index contributed by atoms with van der Waals surface area (Å²) in [6.45, 7) is 3.52. The Morgan fingerprint density at radius 3 is 2.64 bits per heavy atom. The topological polar surface area (TPSA) is 55.7 Å². The summed E-state index contributed by atoms with van der Waals surface area (Å²) in [7, 11) is -3.34. The van der Waals surface area contributed by atoms with Gasteiger partial charge in [-0.3, -0.25) is 0 Å². The SMILES string of the molecule is CCOC1=NC=C(C)S1(=O)=O. The summed E-state index contributed by atoms with van der Waals surface area (Å²) in [4.78, 5) is 3.84. The molecule has 0 aromatic rings. The van der Waals surface area contributed by atoms with Crippen LogP contribution in [-0.4, -0.2) is 20.3 Å². The normalized spacial score (nSPS) is 20.9. The summed E-state index contributed by atoms with van der Waals surface area (Å²) in [6.07, 6.45) is 1.29. The van der Waals surface area contributed by atoms with Crippen LogP contribution in [0.2, 0.25) is 0 Å². The van der Waals surface area contributed by atoms with Crippen LogP contribution in [0.15, 0.2) is 16.1 Å². The molecular formula is C6H9NO3S. The quantitative estimate of drug-likeness (QED) is 0.588. The maximum absolute atomic E-state index is 11.2. The van der Waals surface area contributed by atoms with E-state index >= 15 is 0 Å². The second-order valence-corrected chi connectivity index (χ2v) is 4.07. The van der Waals surface area contributed by atoms with Crippen molar-refractivity contribution in [1.29, 1.82) is 0 Å². The van der Waals surface area contributed by atoms with Gasteiger partial charge in [0.05, 0.1) is 11.5 Å². The van der Waals surface area contributed by atoms with Crippen molar-refractivity contribution in [2.45, 2.75) is 13.8 Å². The molecule has 1 heterocycles. The van der Waals surface area contributed by atoms with E-state index in [1.54, 1.807) is 6.92 Å². The molecule has 0 spiro atoms. The Bertz CT molecular complexity index is 313. The van der Waals surface area contributed by atoms with Gasteiger partial charge in [-0.25, -0.2) is 13.4 Å². The third kappa shape index (κ3) is 1.28. The first-order valence-corrected chi connectivity index (χ1v) is 4.70. The maximum atomic E-state index is 11.2. The molecule has 0 N–H and O–H groups in total. The van der Waals surface area contributed by atoms with E-state index in [9.17, 15) is 8.42 Å². The van der Waals surface area contributed by atoms with E-state index < -0.39 is 9.84 Å². The summed E-state index contributed by atoms with van der Waals surface area (Å²) in [5.74, 6) is 0. The summed E-state index contributed by atoms with van der Waals surface area (Å²) in [5, 5.41) is -0.183. The molecule has 0 saturated carbocycles. The van der Waals surface area contributed by atoms with Crippen LogP contribution in [-0.2, 0) is 14.6 Å². The lowest BCUT2D eigenvalue weighted by Crippen LogP contribution is -2.15. The van der Waals surface area contributed by atoms with Gasteiger partial charge >= 0.3 is 5.23 Å². The van der Waals surface area contributed by atoms with Gasteiger partial charge in [0.2, 0.25) is 0 Å². The molecule has 0 aromatic heterocycles. The highest BCUT2D eigenvalue weighted by Crippen LogP contribution is 2.16. The van der Waals surface area contributed by atoms with Crippen molar-refractivity contribution in [3.63, 3.8) is 0 Å². The fourth-order valence-electron chi connectivity index (χ4n) is 0.658. The predicted octanol–water partition coefficient (Wildman–Crippen LogP) is 0.669. The third-order valence-corrected chi connectivity index (χ3v) is 2.91. The van der Waals surface area contributed by atoms with Crippen molar-refractivity contribution in [2.75, 3.05) is 6.61 Å². The molecule has 11 heavy (non-hydrogen) atoms. The Morgan fingerprint density at radius 1 is 1.64 bits per heavy atom. The van der Waals surface area contributed by atoms with Gasteiger partial charge in [0.1, 0.15) is 0 Å². The van der Waals surface area contributed by atoms with Gasteiger partial charge in [-0.1, -0.05) is 0 Å². The van der Waals surface area contributed by atoms with Gasteiger partial charge in [-0.15, -0.1) is 0 Å². The standard InChI is InChI=1S/C6H9NO3S/c1-3-10-6-7-4-5(2)11(6,8)9/h4H,3H2,1-2H3. The number of sulfone groups is 1. The first kappa shape index (κ1) is 8.26. The van der Waals surface area contributed by atoms with E-state index in [4.69, 9.17) is 4.74 Å². The van der Waals surface area contributed by atoms with Crippen LogP contribution < -0.4 is 0 Å². The molecule has 1 aliphatic rings. The molecule has 0 bridgehead atoms. The van der Waals surface area contributed by atoms with Gasteiger partial charge in [0.15, 0.2) is 0 Å². The Labute approximate surface area is 65.5 Å². The molecule has 5 heteroatoms. The van der Waals surface area contributed by atoms with Gasteiger partial charge < -0.3 is 4.74 Å². The molecular weight excluding hydrogens is 166 g/mol. The number of nitrogens with zero attached hydrogens (tertiary/aromatic N) is 1. The van der Waals surface area contributed by atoms with Gasteiger partial charge in [0.25, 0.3) is 9.84 Å². The van der Waals surface area contributed by atoms with Crippen LogP contribution in [0.5, 0.6) is 0 Å². The lowest BCUT2D eigenvalue weighted by Gasteiger charge is -2.00. The lowest BCUT2D eigenvalue weighted by atomic mass is 10.7. The molecule has 0 radical (unpaired) electrons. The smallest absolute Gasteiger partial charge is 0.314 e. The number of allylic oxidation sites excluding steroid dienone is 1. The fourth-order valence-corrected chi connectivity index (χ4v) is 1.59. The van der Waals surface area contributed by atoms with Crippen LogP contribution in [0.4, 0.5) is 0 Å². The van der Waals surface area contributed by atoms with Crippen LogP contribution in [0.1, 0.15) is 13.8 Å². The molecule has 4 nitrogen and oxygen atoms in total. The minimum Gasteiger partial charge on any atom is -0.469 e. The number of ether oxygens (including phenoxy) is 1. The van der Waals surface area contributed by atoms with Gasteiger partial charge in [-0.2, -0.15) is 0 Å². The number of rotatable bonds is 1. The summed E-state index contributed by atoms with van der Waals surface area (Å²) in [5.41, 5.74) is 0. The summed E-state index contributed by atoms with van der Waals surface area (Å²) >= 11 is 0. The van der Waals surface area contributed by atoms with Crippen molar-refractivity contribution in [1.82, 2.24) is 0 Å². The number of aliphatic imine (C=N–C) groups is 1. The Balaban J connectivity index is 2.93. The molecule has 0 atom stereocenters. The zero-order chi connectivity index (χ0) is 8.48. The molecule has 0 aliphatic carbocycles. The third-order valence-electron chi connectivity index (χ3n) is 1.27. The largest absolute Gasteiger partial charge is 0.469 e. The van der Waals surface area contributed by atoms with Crippen molar-refractivity contribution in [3.05, 3.63) is 11.1 Å². The van der Waals surface area contributed by atoms with Crippen LogP contribution in [0, 0.1) is 0 Å². The highest BCUT2D eigenvalue weighted by molar-refractivity contribution is 8.09. The molecule has 0 saturated heterocycles. The average Bonchev–Trinajstić information content (AvgIpc) is 2.16. The minimum atomic E-state index is -3.34. The van der Waals surface area contributed by atoms with Crippen molar-refractivity contribution < 1.29 is 13.2 Å². The van der Waals surface area contributed by atoms with Gasteiger partial charge in [0, 0.05) is 6.20 Å². The summed E-state index contributed by atoms with van der Waals surface area (Å²) < 4.78 is 27.1. The zero-order valence-electron chi connectivity index (χ0n) is 6.36. The van der Waals surface area contributed by atoms with Crippen LogP contribution in [0.3, 0.4) is 0 Å². The fraction of sp³-hybridized carbons (Fsp3) is 0.500. The van der Waals surface area contributed by atoms with E-state index in [2.05, 4.69) is 4.99 Å². The van der Waals surface area contributed by atoms with Crippen LogP contribution >= 0.6 is 0 Å².